The van der Waals surface area contributed by atoms with Crippen LogP contribution in [0.5, 0.6) is 5.75 Å². The van der Waals surface area contributed by atoms with Gasteiger partial charge in [-0.2, -0.15) is 0 Å². The molecule has 2 fully saturated rings. The summed E-state index contributed by atoms with van der Waals surface area (Å²) in [5.41, 5.74) is 5.03. The van der Waals surface area contributed by atoms with E-state index in [2.05, 4.69) is 39.6 Å². The van der Waals surface area contributed by atoms with Gasteiger partial charge in [0.1, 0.15) is 11.6 Å². The third-order valence-corrected chi connectivity index (χ3v) is 7.98. The van der Waals surface area contributed by atoms with Crippen LogP contribution >= 0.6 is 0 Å². The Hall–Kier alpha value is -2.41. The highest BCUT2D eigenvalue weighted by molar-refractivity contribution is 5.89. The number of benzene rings is 2. The first kappa shape index (κ1) is 21.1. The maximum atomic E-state index is 13.3. The lowest BCUT2D eigenvalue weighted by Gasteiger charge is -2.56. The first-order chi connectivity index (χ1) is 16.0. The van der Waals surface area contributed by atoms with E-state index in [0.29, 0.717) is 0 Å². The molecule has 1 N–H and O–H groups in total. The molecule has 1 atom stereocenters. The van der Waals surface area contributed by atoms with Crippen molar-refractivity contribution in [1.82, 2.24) is 14.4 Å². The summed E-state index contributed by atoms with van der Waals surface area (Å²) in [6.07, 6.45) is 2.61. The minimum absolute atomic E-state index is 0.0285. The van der Waals surface area contributed by atoms with E-state index in [1.807, 2.05) is 12.1 Å². The molecule has 1 saturated heterocycles. The molecule has 6 rings (SSSR count). The first-order valence-corrected chi connectivity index (χ1v) is 12.0. The van der Waals surface area contributed by atoms with Crippen LogP contribution in [0.1, 0.15) is 35.7 Å². The van der Waals surface area contributed by atoms with Gasteiger partial charge in [-0.1, -0.05) is 12.1 Å². The van der Waals surface area contributed by atoms with Gasteiger partial charge in [0.2, 0.25) is 0 Å². The molecule has 1 aromatic heterocycles. The fraction of sp³-hybridized carbons (Fsp3) is 0.481. The average Bonchev–Trinajstić information content (AvgIpc) is 3.57. The lowest BCUT2D eigenvalue weighted by atomic mass is 9.68. The number of aromatic nitrogens is 1. The SMILES string of the molecule is COc1ccc2c3c(n(C)c2c1)[C@@H](CO)N(CC1CC1)CC31CN(Cc2ccc(F)cc2)C1. The molecule has 3 aromatic rings. The Morgan fingerprint density at radius 3 is 2.52 bits per heavy atom. The Kier molecular flexibility index (Phi) is 5.02. The molecule has 1 spiro atoms. The Labute approximate surface area is 194 Å². The van der Waals surface area contributed by atoms with Crippen LogP contribution in [0.15, 0.2) is 42.5 Å². The molecule has 3 aliphatic rings. The van der Waals surface area contributed by atoms with Crippen molar-refractivity contribution in [2.45, 2.75) is 30.8 Å². The van der Waals surface area contributed by atoms with E-state index < -0.39 is 0 Å². The van der Waals surface area contributed by atoms with E-state index in [1.54, 1.807) is 19.2 Å². The van der Waals surface area contributed by atoms with Crippen LogP contribution in [0.3, 0.4) is 0 Å². The highest BCUT2D eigenvalue weighted by atomic mass is 19.1. The summed E-state index contributed by atoms with van der Waals surface area (Å²) < 4.78 is 21.2. The second kappa shape index (κ2) is 7.83. The molecule has 1 aliphatic carbocycles. The molecule has 0 bridgehead atoms. The van der Waals surface area contributed by atoms with E-state index in [-0.39, 0.29) is 23.9 Å². The zero-order valence-corrected chi connectivity index (χ0v) is 19.4. The summed E-state index contributed by atoms with van der Waals surface area (Å²) in [5.74, 6) is 1.44. The second-order valence-electron chi connectivity index (χ2n) is 10.3. The number of likely N-dealkylation sites (tertiary alicyclic amines) is 1. The smallest absolute Gasteiger partial charge is 0.123 e. The standard InChI is InChI=1S/C27H32FN3O2/c1-29-23-11-21(33-2)9-10-22(23)25-26(29)24(14-32)31(13-19-3-4-19)17-27(25)15-30(16-27)12-18-5-7-20(28)8-6-18/h5-11,19,24,32H,3-4,12-17H2,1-2H3/t24-/m1/s1. The van der Waals surface area contributed by atoms with Gasteiger partial charge >= 0.3 is 0 Å². The van der Waals surface area contributed by atoms with E-state index in [4.69, 9.17) is 4.74 Å². The molecule has 0 unspecified atom stereocenters. The maximum absolute atomic E-state index is 13.3. The van der Waals surface area contributed by atoms with Gasteiger partial charge in [0.25, 0.3) is 0 Å². The Bertz CT molecular complexity index is 1180. The van der Waals surface area contributed by atoms with E-state index in [9.17, 15) is 9.50 Å². The van der Waals surface area contributed by atoms with E-state index >= 15 is 0 Å². The molecular formula is C27H32FN3O2. The van der Waals surface area contributed by atoms with Crippen LogP contribution < -0.4 is 4.74 Å². The summed E-state index contributed by atoms with van der Waals surface area (Å²) in [6.45, 7) is 4.96. The van der Waals surface area contributed by atoms with Crippen LogP contribution in [0, 0.1) is 11.7 Å². The Balaban J connectivity index is 1.40. The zero-order valence-electron chi connectivity index (χ0n) is 19.4. The van der Waals surface area contributed by atoms with Gasteiger partial charge in [-0.05, 0) is 54.2 Å². The minimum atomic E-state index is -0.187. The monoisotopic (exact) mass is 449 g/mol. The van der Waals surface area contributed by atoms with E-state index in [1.165, 1.54) is 35.0 Å². The largest absolute Gasteiger partial charge is 0.497 e. The molecule has 0 amide bonds. The van der Waals surface area contributed by atoms with Crippen LogP contribution in [0.4, 0.5) is 4.39 Å². The number of aryl methyl sites for hydroxylation is 1. The van der Waals surface area contributed by atoms with Crippen molar-refractivity contribution in [3.63, 3.8) is 0 Å². The fourth-order valence-corrected chi connectivity index (χ4v) is 6.31. The lowest BCUT2D eigenvalue weighted by molar-refractivity contribution is -0.0113. The molecule has 2 aromatic carbocycles. The number of halogens is 1. The van der Waals surface area contributed by atoms with Crippen molar-refractivity contribution in [3.8, 4) is 5.75 Å². The van der Waals surface area contributed by atoms with Crippen molar-refractivity contribution in [2.24, 2.45) is 13.0 Å². The molecule has 3 heterocycles. The van der Waals surface area contributed by atoms with Crippen molar-refractivity contribution >= 4 is 10.9 Å². The second-order valence-corrected chi connectivity index (χ2v) is 10.3. The molecule has 6 heteroatoms. The van der Waals surface area contributed by atoms with Gasteiger partial charge in [-0.3, -0.25) is 9.80 Å². The third-order valence-electron chi connectivity index (χ3n) is 7.98. The average molecular weight is 450 g/mol. The van der Waals surface area contributed by atoms with E-state index in [0.717, 1.165) is 50.0 Å². The number of nitrogens with zero attached hydrogens (tertiary/aromatic N) is 3. The minimum Gasteiger partial charge on any atom is -0.497 e. The van der Waals surface area contributed by atoms with Gasteiger partial charge in [0, 0.05) is 62.3 Å². The maximum Gasteiger partial charge on any atom is 0.123 e. The molecule has 174 valence electrons. The Morgan fingerprint density at radius 1 is 1.09 bits per heavy atom. The highest BCUT2D eigenvalue weighted by Crippen LogP contribution is 2.50. The third kappa shape index (κ3) is 3.47. The van der Waals surface area contributed by atoms with Gasteiger partial charge in [0.05, 0.1) is 25.3 Å². The Morgan fingerprint density at radius 2 is 1.85 bits per heavy atom. The number of aliphatic hydroxyl groups excluding tert-OH is 1. The van der Waals surface area contributed by atoms with Crippen LogP contribution in [0.2, 0.25) is 0 Å². The van der Waals surface area contributed by atoms with Gasteiger partial charge in [0.15, 0.2) is 0 Å². The van der Waals surface area contributed by atoms with Crippen molar-refractivity contribution in [1.29, 1.82) is 0 Å². The predicted molar refractivity (Wildman–Crippen MR) is 127 cm³/mol. The topological polar surface area (TPSA) is 40.9 Å². The summed E-state index contributed by atoms with van der Waals surface area (Å²) in [7, 11) is 3.84. The van der Waals surface area contributed by atoms with Crippen molar-refractivity contribution in [2.75, 3.05) is 39.9 Å². The number of methoxy groups -OCH3 is 1. The molecular weight excluding hydrogens is 417 g/mol. The van der Waals surface area contributed by atoms with Crippen LogP contribution in [0.25, 0.3) is 10.9 Å². The number of rotatable bonds is 6. The number of aliphatic hydroxyl groups is 1. The number of hydrogen-bond acceptors (Lipinski definition) is 4. The summed E-state index contributed by atoms with van der Waals surface area (Å²) >= 11 is 0. The molecule has 2 aliphatic heterocycles. The first-order valence-electron chi connectivity index (χ1n) is 12.0. The molecule has 33 heavy (non-hydrogen) atoms. The van der Waals surface area contributed by atoms with Crippen molar-refractivity contribution in [3.05, 3.63) is 65.1 Å². The van der Waals surface area contributed by atoms with Crippen molar-refractivity contribution < 1.29 is 14.2 Å². The van der Waals surface area contributed by atoms with Gasteiger partial charge < -0.3 is 14.4 Å². The highest BCUT2D eigenvalue weighted by Gasteiger charge is 2.53. The number of ether oxygens (including phenoxy) is 1. The number of fused-ring (bicyclic) bond motifs is 4. The summed E-state index contributed by atoms with van der Waals surface area (Å²) in [5, 5.41) is 11.8. The summed E-state index contributed by atoms with van der Waals surface area (Å²) in [4.78, 5) is 5.01. The zero-order chi connectivity index (χ0) is 22.7. The molecule has 5 nitrogen and oxygen atoms in total. The number of hydrogen-bond donors (Lipinski definition) is 1. The summed E-state index contributed by atoms with van der Waals surface area (Å²) in [6, 6.07) is 13.3. The quantitative estimate of drug-likeness (QED) is 0.621. The van der Waals surface area contributed by atoms with Crippen LogP contribution in [-0.4, -0.2) is 59.4 Å². The van der Waals surface area contributed by atoms with Gasteiger partial charge in [-0.25, -0.2) is 4.39 Å². The van der Waals surface area contributed by atoms with Gasteiger partial charge in [-0.15, -0.1) is 0 Å². The molecule has 0 radical (unpaired) electrons. The van der Waals surface area contributed by atoms with Crippen LogP contribution in [-0.2, 0) is 19.0 Å². The lowest BCUT2D eigenvalue weighted by Crippen LogP contribution is -2.66. The normalized spacial score (nSPS) is 22.5. The fourth-order valence-electron chi connectivity index (χ4n) is 6.31. The predicted octanol–water partition coefficient (Wildman–Crippen LogP) is 3.84. The molecule has 1 saturated carbocycles.